The summed E-state index contributed by atoms with van der Waals surface area (Å²) < 4.78 is 4.62. The van der Waals surface area contributed by atoms with Crippen molar-refractivity contribution >= 4 is 11.7 Å². The molecular formula is C12H15NO2. The third-order valence-electron chi connectivity index (χ3n) is 2.77. The molecule has 1 aromatic carbocycles. The molecule has 1 aliphatic rings. The molecule has 3 heteroatoms. The quantitative estimate of drug-likeness (QED) is 0.767. The zero-order valence-electron chi connectivity index (χ0n) is 8.82. The van der Waals surface area contributed by atoms with Crippen LogP contribution >= 0.6 is 0 Å². The fourth-order valence-corrected chi connectivity index (χ4v) is 1.94. The minimum Gasteiger partial charge on any atom is -0.469 e. The summed E-state index contributed by atoms with van der Waals surface area (Å²) in [7, 11) is 1.43. The first kappa shape index (κ1) is 10.0. The summed E-state index contributed by atoms with van der Waals surface area (Å²) in [5, 5.41) is 3.41. The largest absolute Gasteiger partial charge is 0.469 e. The van der Waals surface area contributed by atoms with E-state index >= 15 is 0 Å². The topological polar surface area (TPSA) is 38.3 Å². The first-order valence-electron chi connectivity index (χ1n) is 5.21. The van der Waals surface area contributed by atoms with E-state index in [0.29, 0.717) is 12.5 Å². The Labute approximate surface area is 89.4 Å². The molecule has 1 aromatic rings. The molecule has 1 aliphatic heterocycles. The van der Waals surface area contributed by atoms with Crippen molar-refractivity contribution in [2.75, 3.05) is 12.4 Å². The first-order chi connectivity index (χ1) is 7.29. The van der Waals surface area contributed by atoms with Gasteiger partial charge in [0, 0.05) is 18.2 Å². The second kappa shape index (κ2) is 4.34. The molecule has 1 heterocycles. The summed E-state index contributed by atoms with van der Waals surface area (Å²) in [5.74, 6) is -0.132. The highest BCUT2D eigenvalue weighted by Crippen LogP contribution is 2.26. The number of methoxy groups -OCH3 is 1. The number of nitrogens with one attached hydrogen (secondary N) is 1. The number of hydrogen-bond donors (Lipinski definition) is 1. The van der Waals surface area contributed by atoms with Crippen molar-refractivity contribution in [2.45, 2.75) is 25.3 Å². The maximum absolute atomic E-state index is 11.0. The van der Waals surface area contributed by atoms with Gasteiger partial charge in [-0.1, -0.05) is 18.2 Å². The Hall–Kier alpha value is -1.51. The van der Waals surface area contributed by atoms with Gasteiger partial charge in [-0.15, -0.1) is 0 Å². The molecular weight excluding hydrogens is 190 g/mol. The van der Waals surface area contributed by atoms with E-state index in [1.165, 1.54) is 18.4 Å². The van der Waals surface area contributed by atoms with E-state index in [0.717, 1.165) is 12.8 Å². The molecule has 0 amide bonds. The van der Waals surface area contributed by atoms with Crippen LogP contribution in [0.1, 0.15) is 18.4 Å². The van der Waals surface area contributed by atoms with Crippen LogP contribution in [0.3, 0.4) is 0 Å². The monoisotopic (exact) mass is 205 g/mol. The molecule has 15 heavy (non-hydrogen) atoms. The van der Waals surface area contributed by atoms with Gasteiger partial charge in [-0.3, -0.25) is 4.79 Å². The second-order valence-electron chi connectivity index (χ2n) is 3.82. The summed E-state index contributed by atoms with van der Waals surface area (Å²) in [6.45, 7) is 0. The molecule has 3 nitrogen and oxygen atoms in total. The molecule has 0 fully saturated rings. The van der Waals surface area contributed by atoms with Gasteiger partial charge < -0.3 is 10.1 Å². The van der Waals surface area contributed by atoms with Gasteiger partial charge in [-0.05, 0) is 24.5 Å². The van der Waals surface area contributed by atoms with Crippen LogP contribution in [0, 0.1) is 0 Å². The lowest BCUT2D eigenvalue weighted by Crippen LogP contribution is -2.17. The molecule has 1 atom stereocenters. The van der Waals surface area contributed by atoms with Crippen LogP contribution in [0.4, 0.5) is 5.69 Å². The predicted octanol–water partition coefficient (Wildman–Crippen LogP) is 1.98. The van der Waals surface area contributed by atoms with Crippen molar-refractivity contribution in [2.24, 2.45) is 0 Å². The summed E-state index contributed by atoms with van der Waals surface area (Å²) in [6.07, 6.45) is 2.33. The van der Waals surface area contributed by atoms with Gasteiger partial charge in [0.05, 0.1) is 7.11 Å². The van der Waals surface area contributed by atoms with Gasteiger partial charge in [0.2, 0.25) is 0 Å². The zero-order chi connectivity index (χ0) is 10.7. The fraction of sp³-hybridized carbons (Fsp3) is 0.417. The third kappa shape index (κ3) is 2.29. The van der Waals surface area contributed by atoms with Gasteiger partial charge in [-0.2, -0.15) is 0 Å². The molecule has 1 N–H and O–H groups in total. The maximum atomic E-state index is 11.0. The molecule has 0 saturated carbocycles. The standard InChI is InChI=1S/C12H15NO2/c1-15-12(14)7-6-10-8-9-4-2-3-5-11(9)13-10/h2-5,10,13H,6-8H2,1H3. The normalized spacial score (nSPS) is 18.1. The number of para-hydroxylation sites is 1. The average Bonchev–Trinajstić information content (AvgIpc) is 2.68. The Balaban J connectivity index is 1.88. The van der Waals surface area contributed by atoms with Crippen LogP contribution in [-0.4, -0.2) is 19.1 Å². The number of carbonyl (C=O) groups is 1. The fourth-order valence-electron chi connectivity index (χ4n) is 1.94. The highest BCUT2D eigenvalue weighted by molar-refractivity contribution is 5.69. The summed E-state index contributed by atoms with van der Waals surface area (Å²) >= 11 is 0. The molecule has 0 radical (unpaired) electrons. The Bertz CT molecular complexity index is 337. The third-order valence-corrected chi connectivity index (χ3v) is 2.77. The van der Waals surface area contributed by atoms with Crippen molar-refractivity contribution in [3.8, 4) is 0 Å². The average molecular weight is 205 g/mol. The Kier molecular flexibility index (Phi) is 2.90. The summed E-state index contributed by atoms with van der Waals surface area (Å²) in [4.78, 5) is 11.0. The SMILES string of the molecule is COC(=O)CCC1Cc2ccccc2N1. The molecule has 2 rings (SSSR count). The number of esters is 1. The molecule has 0 aromatic heterocycles. The van der Waals surface area contributed by atoms with E-state index in [1.54, 1.807) is 0 Å². The predicted molar refractivity (Wildman–Crippen MR) is 58.8 cm³/mol. The van der Waals surface area contributed by atoms with Crippen molar-refractivity contribution in [3.05, 3.63) is 29.8 Å². The van der Waals surface area contributed by atoms with Gasteiger partial charge in [-0.25, -0.2) is 0 Å². The lowest BCUT2D eigenvalue weighted by atomic mass is 10.1. The highest BCUT2D eigenvalue weighted by atomic mass is 16.5. The van der Waals surface area contributed by atoms with Crippen molar-refractivity contribution in [1.29, 1.82) is 0 Å². The number of fused-ring (bicyclic) bond motifs is 1. The van der Waals surface area contributed by atoms with Crippen molar-refractivity contribution in [3.63, 3.8) is 0 Å². The van der Waals surface area contributed by atoms with Crippen LogP contribution in [0.25, 0.3) is 0 Å². The minimum absolute atomic E-state index is 0.132. The van der Waals surface area contributed by atoms with Crippen molar-refractivity contribution < 1.29 is 9.53 Å². The Morgan fingerprint density at radius 3 is 3.07 bits per heavy atom. The van der Waals surface area contributed by atoms with Gasteiger partial charge >= 0.3 is 5.97 Å². The number of ether oxygens (including phenoxy) is 1. The number of rotatable bonds is 3. The van der Waals surface area contributed by atoms with E-state index in [-0.39, 0.29) is 5.97 Å². The number of hydrogen-bond acceptors (Lipinski definition) is 3. The molecule has 1 unspecified atom stereocenters. The van der Waals surface area contributed by atoms with Crippen LogP contribution in [-0.2, 0) is 16.0 Å². The van der Waals surface area contributed by atoms with Crippen LogP contribution in [0.5, 0.6) is 0 Å². The van der Waals surface area contributed by atoms with E-state index in [4.69, 9.17) is 0 Å². The number of carbonyl (C=O) groups excluding carboxylic acids is 1. The maximum Gasteiger partial charge on any atom is 0.305 e. The van der Waals surface area contributed by atoms with E-state index in [1.807, 2.05) is 12.1 Å². The second-order valence-corrected chi connectivity index (χ2v) is 3.82. The lowest BCUT2D eigenvalue weighted by Gasteiger charge is -2.09. The van der Waals surface area contributed by atoms with Crippen LogP contribution in [0.2, 0.25) is 0 Å². The van der Waals surface area contributed by atoms with E-state index in [2.05, 4.69) is 22.2 Å². The first-order valence-corrected chi connectivity index (χ1v) is 5.21. The van der Waals surface area contributed by atoms with Crippen molar-refractivity contribution in [1.82, 2.24) is 0 Å². The van der Waals surface area contributed by atoms with E-state index in [9.17, 15) is 4.79 Å². The molecule has 80 valence electrons. The number of benzene rings is 1. The van der Waals surface area contributed by atoms with E-state index < -0.39 is 0 Å². The van der Waals surface area contributed by atoms with Crippen LogP contribution in [0.15, 0.2) is 24.3 Å². The Morgan fingerprint density at radius 2 is 2.33 bits per heavy atom. The highest BCUT2D eigenvalue weighted by Gasteiger charge is 2.20. The summed E-state index contributed by atoms with van der Waals surface area (Å²) in [6, 6.07) is 8.65. The van der Waals surface area contributed by atoms with Crippen LogP contribution < -0.4 is 5.32 Å². The smallest absolute Gasteiger partial charge is 0.305 e. The molecule has 0 bridgehead atoms. The number of anilines is 1. The molecule has 0 spiro atoms. The summed E-state index contributed by atoms with van der Waals surface area (Å²) in [5.41, 5.74) is 2.54. The lowest BCUT2D eigenvalue weighted by molar-refractivity contribution is -0.140. The molecule has 0 aliphatic carbocycles. The minimum atomic E-state index is -0.132. The van der Waals surface area contributed by atoms with Gasteiger partial charge in [0.1, 0.15) is 0 Å². The van der Waals surface area contributed by atoms with Gasteiger partial charge in [0.15, 0.2) is 0 Å². The zero-order valence-corrected chi connectivity index (χ0v) is 8.82. The molecule has 0 saturated heterocycles. The van der Waals surface area contributed by atoms with Gasteiger partial charge in [0.25, 0.3) is 0 Å². The Morgan fingerprint density at radius 1 is 1.53 bits per heavy atom.